The highest BCUT2D eigenvalue weighted by atomic mass is 16.3. The third-order valence-corrected chi connectivity index (χ3v) is 3.59. The first-order chi connectivity index (χ1) is 11.7. The molecule has 0 fully saturated rings. The van der Waals surface area contributed by atoms with E-state index in [-0.39, 0.29) is 0 Å². The number of aromatic nitrogens is 5. The van der Waals surface area contributed by atoms with E-state index < -0.39 is 0 Å². The first-order valence-electron chi connectivity index (χ1n) is 7.41. The molecule has 0 atom stereocenters. The van der Waals surface area contributed by atoms with Crippen LogP contribution in [0.5, 0.6) is 0 Å². The Morgan fingerprint density at radius 2 is 2.17 bits per heavy atom. The molecule has 0 saturated carbocycles. The van der Waals surface area contributed by atoms with Gasteiger partial charge in [0.25, 0.3) is 0 Å². The van der Waals surface area contributed by atoms with Gasteiger partial charge in [0, 0.05) is 18.5 Å². The molecule has 4 aromatic heterocycles. The van der Waals surface area contributed by atoms with E-state index in [4.69, 9.17) is 10.2 Å². The second-order valence-electron chi connectivity index (χ2n) is 5.30. The fraction of sp³-hybridized carbons (Fsp3) is 0.125. The molecule has 4 aromatic rings. The lowest BCUT2D eigenvalue weighted by Gasteiger charge is -2.05. The summed E-state index contributed by atoms with van der Waals surface area (Å²) in [6.45, 7) is 2.44. The number of nitrogens with two attached hydrogens (primary N) is 1. The van der Waals surface area contributed by atoms with Gasteiger partial charge in [0.15, 0.2) is 11.5 Å². The van der Waals surface area contributed by atoms with Crippen LogP contribution in [0.4, 0.5) is 11.6 Å². The highest BCUT2D eigenvalue weighted by Crippen LogP contribution is 2.28. The number of fused-ring (bicyclic) bond motifs is 1. The van der Waals surface area contributed by atoms with Crippen molar-refractivity contribution in [2.45, 2.75) is 13.5 Å². The van der Waals surface area contributed by atoms with Crippen molar-refractivity contribution >= 4 is 17.3 Å². The van der Waals surface area contributed by atoms with Crippen LogP contribution >= 0.6 is 0 Å². The molecule has 3 N–H and O–H groups in total. The number of furan rings is 1. The van der Waals surface area contributed by atoms with Crippen LogP contribution < -0.4 is 11.1 Å². The number of nitrogens with one attached hydrogen (secondary N) is 1. The zero-order valence-corrected chi connectivity index (χ0v) is 13.0. The SMILES string of the molecule is Cc1ccc(CNc2cc(-c3c(N)nn4cccnc34)ncn2)o1. The average molecular weight is 321 g/mol. The lowest BCUT2D eigenvalue weighted by atomic mass is 10.2. The number of nitrogens with zero attached hydrogens (tertiary/aromatic N) is 5. The van der Waals surface area contributed by atoms with Crippen LogP contribution in [-0.2, 0) is 6.54 Å². The Hall–Kier alpha value is -3.42. The van der Waals surface area contributed by atoms with Gasteiger partial charge in [-0.05, 0) is 25.1 Å². The van der Waals surface area contributed by atoms with E-state index in [1.807, 2.05) is 25.1 Å². The van der Waals surface area contributed by atoms with Crippen molar-refractivity contribution in [2.75, 3.05) is 11.1 Å². The summed E-state index contributed by atoms with van der Waals surface area (Å²) in [6.07, 6.45) is 4.97. The third kappa shape index (κ3) is 2.54. The summed E-state index contributed by atoms with van der Waals surface area (Å²) in [5, 5.41) is 7.46. The van der Waals surface area contributed by atoms with E-state index in [1.54, 1.807) is 23.0 Å². The van der Waals surface area contributed by atoms with Crippen molar-refractivity contribution in [2.24, 2.45) is 0 Å². The topological polar surface area (TPSA) is 107 Å². The summed E-state index contributed by atoms with van der Waals surface area (Å²) in [4.78, 5) is 12.9. The molecule has 24 heavy (non-hydrogen) atoms. The molecule has 120 valence electrons. The number of aryl methyl sites for hydroxylation is 1. The van der Waals surface area contributed by atoms with E-state index in [0.717, 1.165) is 11.5 Å². The van der Waals surface area contributed by atoms with Crippen LogP contribution in [0.2, 0.25) is 0 Å². The van der Waals surface area contributed by atoms with Crippen LogP contribution in [0.15, 0.2) is 47.4 Å². The quantitative estimate of drug-likeness (QED) is 0.593. The Morgan fingerprint density at radius 3 is 3.00 bits per heavy atom. The van der Waals surface area contributed by atoms with Crippen LogP contribution in [0, 0.1) is 6.92 Å². The summed E-state index contributed by atoms with van der Waals surface area (Å²) in [7, 11) is 0. The van der Waals surface area contributed by atoms with Crippen molar-refractivity contribution in [3.05, 3.63) is 54.5 Å². The van der Waals surface area contributed by atoms with E-state index >= 15 is 0 Å². The minimum absolute atomic E-state index is 0.375. The summed E-state index contributed by atoms with van der Waals surface area (Å²) >= 11 is 0. The largest absolute Gasteiger partial charge is 0.465 e. The lowest BCUT2D eigenvalue weighted by Crippen LogP contribution is -2.01. The highest BCUT2D eigenvalue weighted by Gasteiger charge is 2.15. The monoisotopic (exact) mass is 321 g/mol. The molecule has 0 aliphatic carbocycles. The highest BCUT2D eigenvalue weighted by molar-refractivity contribution is 5.84. The minimum Gasteiger partial charge on any atom is -0.465 e. The van der Waals surface area contributed by atoms with Crippen LogP contribution in [0.1, 0.15) is 11.5 Å². The molecule has 0 radical (unpaired) electrons. The van der Waals surface area contributed by atoms with Gasteiger partial charge in [0.1, 0.15) is 23.7 Å². The van der Waals surface area contributed by atoms with Crippen molar-refractivity contribution in [3.63, 3.8) is 0 Å². The molecule has 4 rings (SSSR count). The third-order valence-electron chi connectivity index (χ3n) is 3.59. The van der Waals surface area contributed by atoms with E-state index in [1.165, 1.54) is 6.33 Å². The second-order valence-corrected chi connectivity index (χ2v) is 5.30. The molecule has 0 amide bonds. The Morgan fingerprint density at radius 1 is 1.25 bits per heavy atom. The average Bonchev–Trinajstić information content (AvgIpc) is 3.15. The number of rotatable bonds is 4. The Kier molecular flexibility index (Phi) is 3.34. The van der Waals surface area contributed by atoms with Gasteiger partial charge in [-0.25, -0.2) is 19.5 Å². The van der Waals surface area contributed by atoms with Gasteiger partial charge in [-0.15, -0.1) is 5.10 Å². The molecule has 0 aromatic carbocycles. The van der Waals surface area contributed by atoms with Crippen LogP contribution in [-0.4, -0.2) is 24.6 Å². The van der Waals surface area contributed by atoms with E-state index in [0.29, 0.717) is 35.1 Å². The van der Waals surface area contributed by atoms with Gasteiger partial charge < -0.3 is 15.5 Å². The predicted molar refractivity (Wildman–Crippen MR) is 89.2 cm³/mol. The summed E-state index contributed by atoms with van der Waals surface area (Å²) < 4.78 is 7.17. The van der Waals surface area contributed by atoms with Gasteiger partial charge >= 0.3 is 0 Å². The van der Waals surface area contributed by atoms with Crippen molar-refractivity contribution in [3.8, 4) is 11.3 Å². The molecule has 8 nitrogen and oxygen atoms in total. The molecule has 0 bridgehead atoms. The van der Waals surface area contributed by atoms with Crippen molar-refractivity contribution in [1.29, 1.82) is 0 Å². The smallest absolute Gasteiger partial charge is 0.166 e. The number of hydrogen-bond donors (Lipinski definition) is 2. The predicted octanol–water partition coefficient (Wildman–Crippen LogP) is 2.28. The van der Waals surface area contributed by atoms with Gasteiger partial charge in [-0.1, -0.05) is 0 Å². The first kappa shape index (κ1) is 14.2. The summed E-state index contributed by atoms with van der Waals surface area (Å²) in [5.74, 6) is 2.76. The molecule has 0 saturated heterocycles. The fourth-order valence-corrected chi connectivity index (χ4v) is 2.50. The maximum atomic E-state index is 6.04. The molecule has 8 heteroatoms. The van der Waals surface area contributed by atoms with Gasteiger partial charge in [-0.2, -0.15) is 0 Å². The van der Waals surface area contributed by atoms with Crippen LogP contribution in [0.3, 0.4) is 0 Å². The Bertz CT molecular complexity index is 1000. The molecule has 0 aliphatic heterocycles. The zero-order chi connectivity index (χ0) is 16.5. The standard InChI is InChI=1S/C16H15N7O/c1-10-3-4-11(24-10)8-19-13-7-12(20-9-21-13)14-15(17)22-23-6-2-5-18-16(14)23/h2-7,9H,8H2,1H3,(H2,17,22)(H,19,20,21). The minimum atomic E-state index is 0.375. The number of hydrogen-bond acceptors (Lipinski definition) is 7. The zero-order valence-electron chi connectivity index (χ0n) is 13.0. The van der Waals surface area contributed by atoms with Crippen molar-refractivity contribution < 1.29 is 4.42 Å². The molecule has 0 unspecified atom stereocenters. The van der Waals surface area contributed by atoms with Crippen LogP contribution in [0.25, 0.3) is 16.9 Å². The van der Waals surface area contributed by atoms with E-state index in [2.05, 4.69) is 25.4 Å². The summed E-state index contributed by atoms with van der Waals surface area (Å²) in [6, 6.07) is 7.46. The molecule has 0 spiro atoms. The number of anilines is 2. The molecule has 4 heterocycles. The second kappa shape index (κ2) is 5.65. The first-order valence-corrected chi connectivity index (χ1v) is 7.41. The van der Waals surface area contributed by atoms with Gasteiger partial charge in [0.05, 0.1) is 17.8 Å². The van der Waals surface area contributed by atoms with Crippen molar-refractivity contribution in [1.82, 2.24) is 24.6 Å². The Labute approximate surface area is 137 Å². The number of nitrogen functional groups attached to an aromatic ring is 1. The molecular formula is C16H15N7O. The lowest BCUT2D eigenvalue weighted by molar-refractivity contribution is 0.490. The van der Waals surface area contributed by atoms with E-state index in [9.17, 15) is 0 Å². The molecular weight excluding hydrogens is 306 g/mol. The van der Waals surface area contributed by atoms with Gasteiger partial charge in [-0.3, -0.25) is 0 Å². The maximum Gasteiger partial charge on any atom is 0.166 e. The van der Waals surface area contributed by atoms with Gasteiger partial charge in [0.2, 0.25) is 0 Å². The fourth-order valence-electron chi connectivity index (χ4n) is 2.50. The normalized spacial score (nSPS) is 11.0. The summed E-state index contributed by atoms with van der Waals surface area (Å²) in [5.41, 5.74) is 8.04. The molecule has 0 aliphatic rings. The maximum absolute atomic E-state index is 6.04. The Balaban J connectivity index is 1.65.